The summed E-state index contributed by atoms with van der Waals surface area (Å²) in [5.74, 6) is 1.29. The lowest BCUT2D eigenvalue weighted by atomic mass is 9.87. The van der Waals surface area contributed by atoms with E-state index in [0.717, 1.165) is 22.0 Å². The number of fused-ring (bicyclic) bond motifs is 1. The van der Waals surface area contributed by atoms with Gasteiger partial charge in [-0.2, -0.15) is 0 Å². The number of hydrogen-bond donors (Lipinski definition) is 1. The first-order valence-corrected chi connectivity index (χ1v) is 9.85. The van der Waals surface area contributed by atoms with Crippen LogP contribution in [-0.2, 0) is 9.53 Å². The molecule has 0 spiro atoms. The Morgan fingerprint density at radius 3 is 2.62 bits per heavy atom. The minimum Gasteiger partial charge on any atom is -0.493 e. The number of rotatable bonds is 6. The lowest BCUT2D eigenvalue weighted by Crippen LogP contribution is -2.41. The number of nitrogens with zero attached hydrogens (tertiary/aromatic N) is 1. The van der Waals surface area contributed by atoms with Crippen LogP contribution in [0.15, 0.2) is 48.7 Å². The number of aromatic amines is 1. The maximum Gasteiger partial charge on any atom is 0.223 e. The summed E-state index contributed by atoms with van der Waals surface area (Å²) < 4.78 is 16.6. The third kappa shape index (κ3) is 3.80. The van der Waals surface area contributed by atoms with E-state index in [1.54, 1.807) is 14.2 Å². The van der Waals surface area contributed by atoms with E-state index in [1.165, 1.54) is 0 Å². The van der Waals surface area contributed by atoms with Crippen LogP contribution in [0, 0.1) is 0 Å². The molecule has 1 aliphatic rings. The van der Waals surface area contributed by atoms with E-state index in [2.05, 4.69) is 11.1 Å². The molecule has 152 valence electrons. The van der Waals surface area contributed by atoms with Crippen LogP contribution in [0.2, 0.25) is 0 Å². The summed E-state index contributed by atoms with van der Waals surface area (Å²) in [5, 5.41) is 1.11. The second kappa shape index (κ2) is 8.57. The average molecular weight is 394 g/mol. The van der Waals surface area contributed by atoms with Gasteiger partial charge in [-0.15, -0.1) is 0 Å². The van der Waals surface area contributed by atoms with Crippen molar-refractivity contribution in [2.75, 3.05) is 40.5 Å². The van der Waals surface area contributed by atoms with Crippen molar-refractivity contribution < 1.29 is 19.0 Å². The van der Waals surface area contributed by atoms with Crippen LogP contribution >= 0.6 is 0 Å². The summed E-state index contributed by atoms with van der Waals surface area (Å²) in [6, 6.07) is 14.0. The lowest BCUT2D eigenvalue weighted by Gasteiger charge is -2.29. The maximum atomic E-state index is 13.2. The van der Waals surface area contributed by atoms with Gasteiger partial charge < -0.3 is 24.1 Å². The number of carbonyl (C=O) groups is 1. The summed E-state index contributed by atoms with van der Waals surface area (Å²) in [5.41, 5.74) is 3.07. The van der Waals surface area contributed by atoms with Crippen LogP contribution in [0.5, 0.6) is 11.5 Å². The van der Waals surface area contributed by atoms with Gasteiger partial charge >= 0.3 is 0 Å². The third-order valence-electron chi connectivity index (χ3n) is 5.55. The molecule has 1 fully saturated rings. The number of carbonyl (C=O) groups excluding carboxylic acids is 1. The fourth-order valence-electron chi connectivity index (χ4n) is 4.07. The molecular formula is C23H26N2O4. The predicted molar refractivity (Wildman–Crippen MR) is 112 cm³/mol. The second-order valence-electron chi connectivity index (χ2n) is 7.12. The Morgan fingerprint density at radius 2 is 1.86 bits per heavy atom. The molecule has 1 aliphatic heterocycles. The molecule has 0 saturated carbocycles. The molecule has 1 unspecified atom stereocenters. The molecule has 2 aromatic carbocycles. The summed E-state index contributed by atoms with van der Waals surface area (Å²) in [6.07, 6.45) is 2.35. The molecule has 3 aromatic rings. The van der Waals surface area contributed by atoms with Crippen molar-refractivity contribution in [2.24, 2.45) is 0 Å². The van der Waals surface area contributed by atoms with Crippen LogP contribution in [0.25, 0.3) is 10.9 Å². The molecule has 1 N–H and O–H groups in total. The molecular weight excluding hydrogens is 368 g/mol. The van der Waals surface area contributed by atoms with E-state index < -0.39 is 0 Å². The van der Waals surface area contributed by atoms with E-state index in [4.69, 9.17) is 14.2 Å². The molecule has 4 rings (SSSR count). The van der Waals surface area contributed by atoms with E-state index in [9.17, 15) is 4.79 Å². The summed E-state index contributed by atoms with van der Waals surface area (Å²) in [7, 11) is 3.26. The first-order chi connectivity index (χ1) is 14.2. The van der Waals surface area contributed by atoms with E-state index >= 15 is 0 Å². The smallest absolute Gasteiger partial charge is 0.223 e. The van der Waals surface area contributed by atoms with Gasteiger partial charge in [-0.05, 0) is 17.7 Å². The number of methoxy groups -OCH3 is 2. The largest absolute Gasteiger partial charge is 0.493 e. The zero-order valence-corrected chi connectivity index (χ0v) is 16.8. The van der Waals surface area contributed by atoms with Crippen LogP contribution in [0.3, 0.4) is 0 Å². The Kier molecular flexibility index (Phi) is 5.71. The Labute approximate surface area is 170 Å². The molecule has 1 amide bonds. The zero-order valence-electron chi connectivity index (χ0n) is 16.8. The highest BCUT2D eigenvalue weighted by Crippen LogP contribution is 2.42. The van der Waals surface area contributed by atoms with Gasteiger partial charge in [-0.1, -0.05) is 30.3 Å². The van der Waals surface area contributed by atoms with Gasteiger partial charge in [0.25, 0.3) is 0 Å². The van der Waals surface area contributed by atoms with Crippen molar-refractivity contribution in [3.05, 3.63) is 59.8 Å². The maximum absolute atomic E-state index is 13.2. The number of aromatic nitrogens is 1. The van der Waals surface area contributed by atoms with Gasteiger partial charge in [0.2, 0.25) is 5.91 Å². The van der Waals surface area contributed by atoms with E-state index in [1.807, 2.05) is 47.5 Å². The third-order valence-corrected chi connectivity index (χ3v) is 5.55. The Bertz CT molecular complexity index is 991. The highest BCUT2D eigenvalue weighted by Gasteiger charge is 2.28. The molecule has 1 saturated heterocycles. The minimum absolute atomic E-state index is 0.119. The van der Waals surface area contributed by atoms with Gasteiger partial charge in [0, 0.05) is 48.1 Å². The SMILES string of the molecule is COc1cccc(C(CC(=O)N2CCOCC2)c2c[nH]c3ccccc23)c1OC. The van der Waals surface area contributed by atoms with Gasteiger partial charge in [-0.25, -0.2) is 0 Å². The number of H-pyrrole nitrogens is 1. The number of hydrogen-bond acceptors (Lipinski definition) is 4. The van der Waals surface area contributed by atoms with Crippen LogP contribution < -0.4 is 9.47 Å². The zero-order chi connectivity index (χ0) is 20.2. The fraction of sp³-hybridized carbons (Fsp3) is 0.348. The fourth-order valence-corrected chi connectivity index (χ4v) is 4.07. The monoisotopic (exact) mass is 394 g/mol. The van der Waals surface area contributed by atoms with E-state index in [-0.39, 0.29) is 11.8 Å². The molecule has 1 atom stereocenters. The number of amides is 1. The molecule has 0 bridgehead atoms. The Morgan fingerprint density at radius 1 is 1.07 bits per heavy atom. The lowest BCUT2D eigenvalue weighted by molar-refractivity contribution is -0.135. The number of morpholine rings is 1. The predicted octanol–water partition coefficient (Wildman–Crippen LogP) is 3.57. The van der Waals surface area contributed by atoms with Crippen LogP contribution in [0.1, 0.15) is 23.5 Å². The Balaban J connectivity index is 1.78. The number of nitrogens with one attached hydrogen (secondary N) is 1. The van der Waals surface area contributed by atoms with Gasteiger partial charge in [0.1, 0.15) is 0 Å². The standard InChI is InChI=1S/C23H26N2O4/c1-27-21-9-5-7-17(23(21)28-2)18(14-22(26)25-10-12-29-13-11-25)19-15-24-20-8-4-3-6-16(19)20/h3-9,15,18,24H,10-14H2,1-2H3. The summed E-state index contributed by atoms with van der Waals surface area (Å²) >= 11 is 0. The molecule has 6 nitrogen and oxygen atoms in total. The van der Waals surface area contributed by atoms with Crippen molar-refractivity contribution in [1.29, 1.82) is 0 Å². The first-order valence-electron chi connectivity index (χ1n) is 9.85. The quantitative estimate of drug-likeness (QED) is 0.694. The van der Waals surface area contributed by atoms with Crippen molar-refractivity contribution in [3.8, 4) is 11.5 Å². The summed E-state index contributed by atoms with van der Waals surface area (Å²) in [6.45, 7) is 2.45. The molecule has 29 heavy (non-hydrogen) atoms. The number of para-hydroxylation sites is 2. The molecule has 1 aromatic heterocycles. The highest BCUT2D eigenvalue weighted by atomic mass is 16.5. The van der Waals surface area contributed by atoms with Crippen LogP contribution in [-0.4, -0.2) is 56.3 Å². The summed E-state index contributed by atoms with van der Waals surface area (Å²) in [4.78, 5) is 18.4. The highest BCUT2D eigenvalue weighted by molar-refractivity contribution is 5.86. The molecule has 2 heterocycles. The Hall–Kier alpha value is -2.99. The minimum atomic E-state index is -0.161. The van der Waals surface area contributed by atoms with Gasteiger partial charge in [0.05, 0.1) is 27.4 Å². The molecule has 0 radical (unpaired) electrons. The van der Waals surface area contributed by atoms with Crippen LogP contribution in [0.4, 0.5) is 0 Å². The van der Waals surface area contributed by atoms with Crippen molar-refractivity contribution in [3.63, 3.8) is 0 Å². The van der Waals surface area contributed by atoms with E-state index in [0.29, 0.717) is 44.2 Å². The van der Waals surface area contributed by atoms with Crippen molar-refractivity contribution in [1.82, 2.24) is 9.88 Å². The number of benzene rings is 2. The van der Waals surface area contributed by atoms with Crippen molar-refractivity contribution >= 4 is 16.8 Å². The van der Waals surface area contributed by atoms with Crippen molar-refractivity contribution in [2.45, 2.75) is 12.3 Å². The average Bonchev–Trinajstić information content (AvgIpc) is 3.21. The number of ether oxygens (including phenoxy) is 3. The second-order valence-corrected chi connectivity index (χ2v) is 7.12. The molecule has 0 aliphatic carbocycles. The normalized spacial score (nSPS) is 15.3. The first kappa shape index (κ1) is 19.3. The van der Waals surface area contributed by atoms with Gasteiger partial charge in [-0.3, -0.25) is 4.79 Å². The molecule has 6 heteroatoms. The van der Waals surface area contributed by atoms with Gasteiger partial charge in [0.15, 0.2) is 11.5 Å². The topological polar surface area (TPSA) is 63.8 Å².